The van der Waals surface area contributed by atoms with Crippen molar-refractivity contribution >= 4 is 5.91 Å². The summed E-state index contributed by atoms with van der Waals surface area (Å²) in [6.45, 7) is 2.78. The number of carbonyl (C=O) groups is 1. The third-order valence-corrected chi connectivity index (χ3v) is 4.46. The van der Waals surface area contributed by atoms with Crippen LogP contribution in [0.3, 0.4) is 0 Å². The number of amides is 1. The molecule has 0 aliphatic heterocycles. The molecule has 142 valence electrons. The Hall–Kier alpha value is -1.75. The SMILES string of the molecule is CCCCCCCCCNC(=O)C(CCO)Cc1ccc(O)cc1O. The number of rotatable bonds is 13. The van der Waals surface area contributed by atoms with Gasteiger partial charge in [0, 0.05) is 25.1 Å². The molecule has 1 unspecified atom stereocenters. The van der Waals surface area contributed by atoms with Crippen molar-refractivity contribution in [3.05, 3.63) is 23.8 Å². The van der Waals surface area contributed by atoms with Crippen LogP contribution >= 0.6 is 0 Å². The molecule has 0 radical (unpaired) electrons. The fourth-order valence-electron chi connectivity index (χ4n) is 2.91. The highest BCUT2D eigenvalue weighted by molar-refractivity contribution is 5.79. The van der Waals surface area contributed by atoms with E-state index in [9.17, 15) is 20.1 Å². The minimum absolute atomic E-state index is 0.0108. The van der Waals surface area contributed by atoms with Crippen LogP contribution in [0.5, 0.6) is 11.5 Å². The van der Waals surface area contributed by atoms with E-state index < -0.39 is 0 Å². The van der Waals surface area contributed by atoms with Gasteiger partial charge in [0.05, 0.1) is 0 Å². The first kappa shape index (κ1) is 21.3. The molecule has 0 fully saturated rings. The number of nitrogens with one attached hydrogen (secondary N) is 1. The van der Waals surface area contributed by atoms with Crippen molar-refractivity contribution in [2.24, 2.45) is 5.92 Å². The van der Waals surface area contributed by atoms with Gasteiger partial charge in [-0.1, -0.05) is 51.5 Å². The molecule has 0 bridgehead atoms. The quantitative estimate of drug-likeness (QED) is 0.409. The predicted octanol–water partition coefficient (Wildman–Crippen LogP) is 3.51. The van der Waals surface area contributed by atoms with E-state index in [0.717, 1.165) is 12.8 Å². The van der Waals surface area contributed by atoms with Gasteiger partial charge in [0.25, 0.3) is 0 Å². The number of aliphatic hydroxyl groups excluding tert-OH is 1. The second kappa shape index (κ2) is 12.6. The minimum Gasteiger partial charge on any atom is -0.508 e. The van der Waals surface area contributed by atoms with Crippen molar-refractivity contribution in [3.8, 4) is 11.5 Å². The zero-order valence-electron chi connectivity index (χ0n) is 15.3. The van der Waals surface area contributed by atoms with E-state index in [2.05, 4.69) is 12.2 Å². The van der Waals surface area contributed by atoms with Crippen LogP contribution in [0.1, 0.15) is 63.9 Å². The summed E-state index contributed by atoms with van der Waals surface area (Å²) >= 11 is 0. The third-order valence-electron chi connectivity index (χ3n) is 4.46. The highest BCUT2D eigenvalue weighted by Crippen LogP contribution is 2.25. The zero-order chi connectivity index (χ0) is 18.5. The van der Waals surface area contributed by atoms with Gasteiger partial charge in [-0.3, -0.25) is 4.79 Å². The van der Waals surface area contributed by atoms with Crippen LogP contribution in [0.25, 0.3) is 0 Å². The van der Waals surface area contributed by atoms with Crippen molar-refractivity contribution in [1.29, 1.82) is 0 Å². The minimum atomic E-state index is -0.384. The maximum atomic E-state index is 12.3. The van der Waals surface area contributed by atoms with Crippen LogP contribution in [0.4, 0.5) is 0 Å². The summed E-state index contributed by atoms with van der Waals surface area (Å²) in [5.41, 5.74) is 0.599. The van der Waals surface area contributed by atoms with Gasteiger partial charge in [-0.05, 0) is 30.9 Å². The Morgan fingerprint density at radius 1 is 1.08 bits per heavy atom. The lowest BCUT2D eigenvalue weighted by molar-refractivity contribution is -0.125. The molecule has 1 aromatic rings. The number of carbonyl (C=O) groups excluding carboxylic acids is 1. The monoisotopic (exact) mass is 351 g/mol. The number of unbranched alkanes of at least 4 members (excludes halogenated alkanes) is 6. The van der Waals surface area contributed by atoms with Gasteiger partial charge in [-0.15, -0.1) is 0 Å². The lowest BCUT2D eigenvalue weighted by atomic mass is 9.95. The van der Waals surface area contributed by atoms with Crippen LogP contribution in [0.15, 0.2) is 18.2 Å². The van der Waals surface area contributed by atoms with Gasteiger partial charge in [0.2, 0.25) is 5.91 Å². The van der Waals surface area contributed by atoms with Crippen molar-refractivity contribution < 1.29 is 20.1 Å². The molecule has 0 heterocycles. The van der Waals surface area contributed by atoms with Crippen molar-refractivity contribution in [3.63, 3.8) is 0 Å². The summed E-state index contributed by atoms with van der Waals surface area (Å²) in [7, 11) is 0. The highest BCUT2D eigenvalue weighted by atomic mass is 16.3. The molecule has 25 heavy (non-hydrogen) atoms. The predicted molar refractivity (Wildman–Crippen MR) is 99.7 cm³/mol. The molecule has 0 saturated heterocycles. The molecule has 1 rings (SSSR count). The van der Waals surface area contributed by atoms with Crippen LogP contribution in [-0.4, -0.2) is 34.4 Å². The topological polar surface area (TPSA) is 89.8 Å². The number of benzene rings is 1. The van der Waals surface area contributed by atoms with E-state index in [1.807, 2.05) is 0 Å². The molecule has 0 aliphatic carbocycles. The first-order valence-electron chi connectivity index (χ1n) is 9.47. The molecular formula is C20H33NO4. The average Bonchev–Trinajstić information content (AvgIpc) is 2.58. The average molecular weight is 351 g/mol. The molecule has 0 spiro atoms. The summed E-state index contributed by atoms with van der Waals surface area (Å²) in [6, 6.07) is 4.36. The lowest BCUT2D eigenvalue weighted by Crippen LogP contribution is -2.33. The largest absolute Gasteiger partial charge is 0.508 e. The van der Waals surface area contributed by atoms with Crippen LogP contribution in [-0.2, 0) is 11.2 Å². The number of hydrogen-bond acceptors (Lipinski definition) is 4. The van der Waals surface area contributed by atoms with Crippen LogP contribution in [0, 0.1) is 5.92 Å². The normalized spacial score (nSPS) is 12.1. The third kappa shape index (κ3) is 8.77. The molecule has 0 aliphatic rings. The second-order valence-electron chi connectivity index (χ2n) is 6.64. The van der Waals surface area contributed by atoms with Gasteiger partial charge < -0.3 is 20.6 Å². The molecular weight excluding hydrogens is 318 g/mol. The standard InChI is InChI=1S/C20H33NO4/c1-2-3-4-5-6-7-8-12-21-20(25)17(11-13-22)14-16-9-10-18(23)15-19(16)24/h9-10,15,17,22-24H,2-8,11-14H2,1H3,(H,21,25). The first-order valence-corrected chi connectivity index (χ1v) is 9.47. The summed E-state index contributed by atoms with van der Waals surface area (Å²) in [5, 5.41) is 31.4. The smallest absolute Gasteiger partial charge is 0.223 e. The van der Waals surface area contributed by atoms with E-state index in [-0.39, 0.29) is 29.9 Å². The Bertz CT molecular complexity index is 504. The summed E-state index contributed by atoms with van der Waals surface area (Å²) in [4.78, 5) is 12.3. The number of phenolic OH excluding ortho intramolecular Hbond substituents is 2. The molecule has 4 N–H and O–H groups in total. The van der Waals surface area contributed by atoms with E-state index in [1.165, 1.54) is 44.2 Å². The van der Waals surface area contributed by atoms with E-state index >= 15 is 0 Å². The Labute approximate surface area is 151 Å². The summed E-state index contributed by atoms with van der Waals surface area (Å²) in [6.07, 6.45) is 9.08. The van der Waals surface area contributed by atoms with E-state index in [4.69, 9.17) is 0 Å². The van der Waals surface area contributed by atoms with Crippen LogP contribution < -0.4 is 5.32 Å². The van der Waals surface area contributed by atoms with E-state index in [1.54, 1.807) is 6.07 Å². The van der Waals surface area contributed by atoms with Gasteiger partial charge in [0.15, 0.2) is 0 Å². The first-order chi connectivity index (χ1) is 12.1. The molecule has 5 nitrogen and oxygen atoms in total. The fraction of sp³-hybridized carbons (Fsp3) is 0.650. The van der Waals surface area contributed by atoms with Crippen molar-refractivity contribution in [1.82, 2.24) is 5.32 Å². The lowest BCUT2D eigenvalue weighted by Gasteiger charge is -2.17. The summed E-state index contributed by atoms with van der Waals surface area (Å²) in [5.74, 6) is -0.510. The number of aromatic hydroxyl groups is 2. The van der Waals surface area contributed by atoms with Crippen molar-refractivity contribution in [2.45, 2.75) is 64.7 Å². The molecule has 1 amide bonds. The van der Waals surface area contributed by atoms with Gasteiger partial charge >= 0.3 is 0 Å². The maximum absolute atomic E-state index is 12.3. The van der Waals surface area contributed by atoms with Gasteiger partial charge in [-0.2, -0.15) is 0 Å². The number of hydrogen-bond donors (Lipinski definition) is 4. The summed E-state index contributed by atoms with van der Waals surface area (Å²) < 4.78 is 0. The number of phenols is 2. The maximum Gasteiger partial charge on any atom is 0.223 e. The van der Waals surface area contributed by atoms with Gasteiger partial charge in [-0.25, -0.2) is 0 Å². The Morgan fingerprint density at radius 2 is 1.76 bits per heavy atom. The highest BCUT2D eigenvalue weighted by Gasteiger charge is 2.19. The van der Waals surface area contributed by atoms with E-state index in [0.29, 0.717) is 24.9 Å². The Balaban J connectivity index is 2.35. The van der Waals surface area contributed by atoms with Crippen LogP contribution in [0.2, 0.25) is 0 Å². The second-order valence-corrected chi connectivity index (χ2v) is 6.64. The molecule has 0 saturated carbocycles. The number of aliphatic hydroxyl groups is 1. The molecule has 1 atom stereocenters. The molecule has 5 heteroatoms. The van der Waals surface area contributed by atoms with Gasteiger partial charge in [0.1, 0.15) is 11.5 Å². The Morgan fingerprint density at radius 3 is 2.40 bits per heavy atom. The van der Waals surface area contributed by atoms with Crippen molar-refractivity contribution in [2.75, 3.05) is 13.2 Å². The zero-order valence-corrected chi connectivity index (χ0v) is 15.3. The molecule has 0 aromatic heterocycles. The molecule has 1 aromatic carbocycles. The fourth-order valence-corrected chi connectivity index (χ4v) is 2.91. The Kier molecular flexibility index (Phi) is 10.7.